The molecule has 0 aliphatic carbocycles. The molecule has 2 atom stereocenters. The molecule has 2 unspecified atom stereocenters. The lowest BCUT2D eigenvalue weighted by Gasteiger charge is -2.36. The average Bonchev–Trinajstić information content (AvgIpc) is 2.82. The van der Waals surface area contributed by atoms with E-state index in [9.17, 15) is 4.79 Å². The molecule has 2 heterocycles. The average molecular weight is 255 g/mol. The van der Waals surface area contributed by atoms with Crippen molar-refractivity contribution in [3.05, 3.63) is 35.4 Å². The number of benzene rings is 1. The molecule has 1 N–H and O–H groups in total. The van der Waals surface area contributed by atoms with Crippen LogP contribution in [0.15, 0.2) is 24.3 Å². The Morgan fingerprint density at radius 3 is 3.11 bits per heavy atom. The van der Waals surface area contributed by atoms with Gasteiger partial charge >= 0.3 is 0 Å². The molecule has 1 aromatic rings. The van der Waals surface area contributed by atoms with Crippen molar-refractivity contribution in [2.75, 3.05) is 13.1 Å². The van der Waals surface area contributed by atoms with Crippen molar-refractivity contribution in [3.8, 4) is 6.07 Å². The fraction of sp³-hybridized carbons (Fsp3) is 0.467. The Bertz CT molecular complexity index is 534. The minimum absolute atomic E-state index is 0.142. The van der Waals surface area contributed by atoms with E-state index in [1.807, 2.05) is 24.3 Å². The molecule has 2 aliphatic heterocycles. The number of carbonyl (C=O) groups excluding carboxylic acids is 1. The second-order valence-electron chi connectivity index (χ2n) is 5.30. The summed E-state index contributed by atoms with van der Waals surface area (Å²) < 4.78 is 0. The van der Waals surface area contributed by atoms with Crippen LogP contribution >= 0.6 is 0 Å². The number of fused-ring (bicyclic) bond motifs is 1. The molecular formula is C15H17N3O. The quantitative estimate of drug-likeness (QED) is 0.865. The van der Waals surface area contributed by atoms with Gasteiger partial charge in [-0.3, -0.25) is 9.69 Å². The van der Waals surface area contributed by atoms with Gasteiger partial charge in [-0.05, 0) is 31.0 Å². The molecule has 3 rings (SSSR count). The first kappa shape index (κ1) is 12.2. The lowest BCUT2D eigenvalue weighted by Crippen LogP contribution is -2.45. The fourth-order valence-corrected chi connectivity index (χ4v) is 3.22. The Balaban J connectivity index is 1.79. The maximum Gasteiger partial charge on any atom is 0.224 e. The summed E-state index contributed by atoms with van der Waals surface area (Å²) >= 11 is 0. The van der Waals surface area contributed by atoms with Gasteiger partial charge in [-0.2, -0.15) is 5.26 Å². The number of likely N-dealkylation sites (tertiary alicyclic amines) is 1. The van der Waals surface area contributed by atoms with Crippen LogP contribution in [0.1, 0.15) is 24.0 Å². The van der Waals surface area contributed by atoms with Gasteiger partial charge in [0.25, 0.3) is 0 Å². The maximum absolute atomic E-state index is 11.7. The minimum Gasteiger partial charge on any atom is -0.354 e. The SMILES string of the molecule is N#Cc1ccccc1CN1CCCC2C(=O)NCC21. The summed E-state index contributed by atoms with van der Waals surface area (Å²) in [5.41, 5.74) is 1.80. The number of amides is 1. The molecule has 2 saturated heterocycles. The highest BCUT2D eigenvalue weighted by Gasteiger charge is 2.40. The lowest BCUT2D eigenvalue weighted by atomic mass is 9.91. The zero-order valence-corrected chi connectivity index (χ0v) is 10.8. The van der Waals surface area contributed by atoms with Gasteiger partial charge < -0.3 is 5.32 Å². The van der Waals surface area contributed by atoms with Crippen LogP contribution in [0.4, 0.5) is 0 Å². The van der Waals surface area contributed by atoms with Crippen LogP contribution in [-0.4, -0.2) is 29.9 Å². The minimum atomic E-state index is 0.142. The molecule has 98 valence electrons. The Hall–Kier alpha value is -1.86. The van der Waals surface area contributed by atoms with Crippen LogP contribution in [0, 0.1) is 17.2 Å². The monoisotopic (exact) mass is 255 g/mol. The van der Waals surface area contributed by atoms with E-state index in [1.165, 1.54) is 0 Å². The summed E-state index contributed by atoms with van der Waals surface area (Å²) in [6.07, 6.45) is 2.05. The number of piperidine rings is 1. The summed E-state index contributed by atoms with van der Waals surface area (Å²) in [5.74, 6) is 0.339. The van der Waals surface area contributed by atoms with E-state index in [4.69, 9.17) is 5.26 Å². The van der Waals surface area contributed by atoms with Crippen LogP contribution in [0.3, 0.4) is 0 Å². The first-order valence-corrected chi connectivity index (χ1v) is 6.79. The standard InChI is InChI=1S/C15H17N3O/c16-8-11-4-1-2-5-12(11)10-18-7-3-6-13-14(18)9-17-15(13)19/h1-2,4-5,13-14H,3,6-7,9-10H2,(H,17,19). The summed E-state index contributed by atoms with van der Waals surface area (Å²) in [4.78, 5) is 14.1. The summed E-state index contributed by atoms with van der Waals surface area (Å²) in [7, 11) is 0. The molecule has 0 saturated carbocycles. The third-order valence-electron chi connectivity index (χ3n) is 4.23. The second kappa shape index (κ2) is 5.02. The number of nitrogens with one attached hydrogen (secondary N) is 1. The van der Waals surface area contributed by atoms with Crippen molar-refractivity contribution in [1.29, 1.82) is 5.26 Å². The Morgan fingerprint density at radius 1 is 1.42 bits per heavy atom. The Morgan fingerprint density at radius 2 is 2.26 bits per heavy atom. The topological polar surface area (TPSA) is 56.1 Å². The Kier molecular flexibility index (Phi) is 3.22. The molecular weight excluding hydrogens is 238 g/mol. The molecule has 1 amide bonds. The largest absolute Gasteiger partial charge is 0.354 e. The smallest absolute Gasteiger partial charge is 0.224 e. The van der Waals surface area contributed by atoms with E-state index in [0.717, 1.165) is 43.6 Å². The molecule has 4 nitrogen and oxygen atoms in total. The van der Waals surface area contributed by atoms with E-state index in [1.54, 1.807) is 0 Å². The van der Waals surface area contributed by atoms with Gasteiger partial charge in [-0.15, -0.1) is 0 Å². The molecule has 0 aromatic heterocycles. The van der Waals surface area contributed by atoms with E-state index in [2.05, 4.69) is 16.3 Å². The highest BCUT2D eigenvalue weighted by Crippen LogP contribution is 2.28. The molecule has 19 heavy (non-hydrogen) atoms. The summed E-state index contributed by atoms with van der Waals surface area (Å²) in [5, 5.41) is 12.1. The van der Waals surface area contributed by atoms with Crippen LogP contribution < -0.4 is 5.32 Å². The molecule has 4 heteroatoms. The lowest BCUT2D eigenvalue weighted by molar-refractivity contribution is -0.124. The molecule has 1 aromatic carbocycles. The van der Waals surface area contributed by atoms with Crippen molar-refractivity contribution in [1.82, 2.24) is 10.2 Å². The van der Waals surface area contributed by atoms with Crippen molar-refractivity contribution < 1.29 is 4.79 Å². The molecule has 2 fully saturated rings. The number of carbonyl (C=O) groups is 1. The number of rotatable bonds is 2. The third-order valence-corrected chi connectivity index (χ3v) is 4.23. The predicted molar refractivity (Wildman–Crippen MR) is 71.1 cm³/mol. The third kappa shape index (κ3) is 2.22. The van der Waals surface area contributed by atoms with Gasteiger partial charge in [0.05, 0.1) is 17.6 Å². The van der Waals surface area contributed by atoms with Crippen LogP contribution in [0.2, 0.25) is 0 Å². The van der Waals surface area contributed by atoms with Crippen molar-refractivity contribution in [3.63, 3.8) is 0 Å². The van der Waals surface area contributed by atoms with Gasteiger partial charge in [-0.25, -0.2) is 0 Å². The normalized spacial score (nSPS) is 26.6. The van der Waals surface area contributed by atoms with Gasteiger partial charge in [0.2, 0.25) is 5.91 Å². The van der Waals surface area contributed by atoms with E-state index < -0.39 is 0 Å². The number of nitriles is 1. The molecule has 0 spiro atoms. The highest BCUT2D eigenvalue weighted by atomic mass is 16.2. The summed E-state index contributed by atoms with van der Waals surface area (Å²) in [6.45, 7) is 2.52. The first-order chi connectivity index (χ1) is 9.29. The first-order valence-electron chi connectivity index (χ1n) is 6.79. The predicted octanol–water partition coefficient (Wildman–Crippen LogP) is 1.27. The van der Waals surface area contributed by atoms with Crippen LogP contribution in [0.25, 0.3) is 0 Å². The zero-order chi connectivity index (χ0) is 13.2. The van der Waals surface area contributed by atoms with E-state index in [-0.39, 0.29) is 11.8 Å². The van der Waals surface area contributed by atoms with Gasteiger partial charge in [0, 0.05) is 19.1 Å². The fourth-order valence-electron chi connectivity index (χ4n) is 3.22. The van der Waals surface area contributed by atoms with Gasteiger partial charge in [0.15, 0.2) is 0 Å². The van der Waals surface area contributed by atoms with Crippen molar-refractivity contribution >= 4 is 5.91 Å². The summed E-state index contributed by atoms with van der Waals surface area (Å²) in [6, 6.07) is 10.3. The van der Waals surface area contributed by atoms with Gasteiger partial charge in [-0.1, -0.05) is 18.2 Å². The van der Waals surface area contributed by atoms with Crippen LogP contribution in [0.5, 0.6) is 0 Å². The number of hydrogen-bond donors (Lipinski definition) is 1. The number of nitrogens with zero attached hydrogens (tertiary/aromatic N) is 2. The Labute approximate surface area is 113 Å². The van der Waals surface area contributed by atoms with Crippen LogP contribution in [-0.2, 0) is 11.3 Å². The maximum atomic E-state index is 11.7. The second-order valence-corrected chi connectivity index (χ2v) is 5.30. The number of hydrogen-bond acceptors (Lipinski definition) is 3. The van der Waals surface area contributed by atoms with E-state index in [0.29, 0.717) is 6.04 Å². The molecule has 2 aliphatic rings. The molecule has 0 bridgehead atoms. The van der Waals surface area contributed by atoms with E-state index >= 15 is 0 Å². The highest BCUT2D eigenvalue weighted by molar-refractivity contribution is 5.82. The van der Waals surface area contributed by atoms with Crippen molar-refractivity contribution in [2.24, 2.45) is 5.92 Å². The molecule has 0 radical (unpaired) electrons. The zero-order valence-electron chi connectivity index (χ0n) is 10.8. The van der Waals surface area contributed by atoms with Gasteiger partial charge in [0.1, 0.15) is 0 Å². The van der Waals surface area contributed by atoms with Crippen molar-refractivity contribution in [2.45, 2.75) is 25.4 Å².